The quantitative estimate of drug-likeness (QED) is 0.453. The third kappa shape index (κ3) is 46.8. The molecule has 1 nitrogen and oxygen atoms in total. The van der Waals surface area contributed by atoms with Gasteiger partial charge in [-0.15, -0.1) is 0 Å². The monoisotopic (exact) mass is 401 g/mol. The van der Waals surface area contributed by atoms with E-state index < -0.39 is 0 Å². The van der Waals surface area contributed by atoms with Crippen LogP contribution in [0.1, 0.15) is 0 Å². The number of hydrogen-bond donors (Lipinski definition) is 0. The van der Waals surface area contributed by atoms with Gasteiger partial charge in [0.1, 0.15) is 0 Å². The molecular formula is C3H3Cr2Cu2Ni2O. The van der Waals surface area contributed by atoms with Crippen molar-refractivity contribution >= 4 is 4.65 Å². The summed E-state index contributed by atoms with van der Waals surface area (Å²) in [7, 11) is 0. The summed E-state index contributed by atoms with van der Waals surface area (Å²) in [6.07, 6.45) is 1.22. The zero-order valence-corrected chi connectivity index (χ0v) is 10.7. The Kier molecular flexibility index (Phi) is 117. The van der Waals surface area contributed by atoms with Gasteiger partial charge in [-0.05, 0) is 0 Å². The summed E-state index contributed by atoms with van der Waals surface area (Å²) in [6, 6.07) is 0. The maximum atomic E-state index is 9.64. The molecule has 10 heavy (non-hydrogen) atoms. The van der Waals surface area contributed by atoms with Crippen LogP contribution in [0.15, 0.2) is 12.7 Å². The fourth-order valence-electron chi connectivity index (χ4n) is 0. The van der Waals surface area contributed by atoms with Gasteiger partial charge in [0.25, 0.3) is 0 Å². The van der Waals surface area contributed by atoms with Gasteiger partial charge in [0.2, 0.25) is 0 Å². The first-order chi connectivity index (χ1) is 2.27. The molecule has 0 aliphatic carbocycles. The minimum absolute atomic E-state index is 0. The van der Waals surface area contributed by atoms with E-state index in [2.05, 4.69) is 22.9 Å². The zero-order valence-electron chi connectivity index (χ0n) is 4.24. The van der Waals surface area contributed by atoms with E-state index in [-0.39, 0.29) is 89.1 Å². The van der Waals surface area contributed by atoms with Gasteiger partial charge in [0.15, 0.2) is 0 Å². The topological polar surface area (TPSA) is 17.1 Å². The summed E-state index contributed by atoms with van der Waals surface area (Å²) in [6.45, 7) is 3.18. The van der Waals surface area contributed by atoms with Crippen molar-refractivity contribution < 1.29 is 106 Å². The molecule has 0 saturated carbocycles. The molecule has 0 aromatic heterocycles. The molecule has 2 radical (unpaired) electrons. The largest absolute Gasteiger partial charge is 0 e. The van der Waals surface area contributed by atoms with E-state index >= 15 is 0 Å². The van der Waals surface area contributed by atoms with Crippen LogP contribution in [0.5, 0.6) is 0 Å². The van der Waals surface area contributed by atoms with Crippen molar-refractivity contribution in [2.45, 2.75) is 0 Å². The van der Waals surface area contributed by atoms with Crippen molar-refractivity contribution in [1.29, 1.82) is 0 Å². The van der Waals surface area contributed by atoms with Gasteiger partial charge in [-0.2, -0.15) is 0 Å². The average Bonchev–Trinajstić information content (AvgIpc) is 1.38. The molecule has 75 valence electrons. The summed E-state index contributed by atoms with van der Waals surface area (Å²) in [5.41, 5.74) is 0. The molecule has 0 heterocycles. The number of carbonyl (C=O) groups is 1. The number of allylic oxidation sites excluding steroid dienone is 1. The molecule has 0 aromatic carbocycles. The fraction of sp³-hybridized carbons (Fsp3) is 0. The van der Waals surface area contributed by atoms with Crippen molar-refractivity contribution in [2.75, 3.05) is 0 Å². The SMILES string of the molecule is C=C[C](=O)[Cr].[Cr].[Cu].[Cu].[Ni].[Ni]. The van der Waals surface area contributed by atoms with Crippen molar-refractivity contribution in [1.82, 2.24) is 0 Å². The first kappa shape index (κ1) is 39.1. The molecule has 0 N–H and O–H groups in total. The predicted octanol–water partition coefficient (Wildman–Crippen LogP) is 0.233. The molecule has 0 unspecified atom stereocenters. The van der Waals surface area contributed by atoms with Crippen LogP contribution in [0.4, 0.5) is 0 Å². The molecular weight excluding hydrogens is 401 g/mol. The Hall–Kier alpha value is 2.50. The molecule has 0 aromatic rings. The van der Waals surface area contributed by atoms with E-state index in [0.717, 1.165) is 0 Å². The molecule has 0 rings (SSSR count). The maximum absolute atomic E-state index is 9.64. The van der Waals surface area contributed by atoms with Crippen LogP contribution in [0.25, 0.3) is 0 Å². The molecule has 0 saturated heterocycles. The van der Waals surface area contributed by atoms with Crippen LogP contribution in [-0.2, 0) is 106 Å². The number of rotatable bonds is 1. The Morgan fingerprint density at radius 2 is 1.40 bits per heavy atom. The molecule has 0 amide bonds. The van der Waals surface area contributed by atoms with Gasteiger partial charge < -0.3 is 0 Å². The second-order valence-electron chi connectivity index (χ2n) is 0.523. The third-order valence-electron chi connectivity index (χ3n) is 0.167. The second kappa shape index (κ2) is 30.0. The van der Waals surface area contributed by atoms with E-state index in [1.165, 1.54) is 6.08 Å². The van der Waals surface area contributed by atoms with E-state index in [4.69, 9.17) is 0 Å². The van der Waals surface area contributed by atoms with Crippen molar-refractivity contribution in [3.8, 4) is 0 Å². The van der Waals surface area contributed by atoms with Gasteiger partial charge >= 0.3 is 38.4 Å². The standard InChI is InChI=1S/C3H3O.2Cr.2Cu.2Ni/c1-2-3-4;;;;;;/h2H,1H2;;;;;;. The maximum Gasteiger partial charge on any atom is 0 e. The van der Waals surface area contributed by atoms with E-state index in [1.807, 2.05) is 0 Å². The molecule has 7 heteroatoms. The minimum atomic E-state index is -0.106. The number of carbonyl (C=O) groups excluding carboxylic acids is 1. The van der Waals surface area contributed by atoms with Gasteiger partial charge in [-0.3, -0.25) is 0 Å². The van der Waals surface area contributed by atoms with Gasteiger partial charge in [0, 0.05) is 84.5 Å². The van der Waals surface area contributed by atoms with Crippen LogP contribution in [0, 0.1) is 0 Å². The van der Waals surface area contributed by atoms with E-state index in [0.29, 0.717) is 0 Å². The summed E-state index contributed by atoms with van der Waals surface area (Å²) < 4.78 is -0.106. The Labute approximate surface area is 121 Å². The van der Waals surface area contributed by atoms with Crippen molar-refractivity contribution in [3.05, 3.63) is 12.7 Å². The summed E-state index contributed by atoms with van der Waals surface area (Å²) in [5.74, 6) is 0. The van der Waals surface area contributed by atoms with Crippen LogP contribution >= 0.6 is 0 Å². The van der Waals surface area contributed by atoms with Crippen LogP contribution in [0.2, 0.25) is 0 Å². The molecule has 0 spiro atoms. The second-order valence-corrected chi connectivity index (χ2v) is 1.15. The Morgan fingerprint density at radius 1 is 1.30 bits per heavy atom. The molecule has 0 aliphatic rings. The van der Waals surface area contributed by atoms with Gasteiger partial charge in [0.05, 0.1) is 0 Å². The van der Waals surface area contributed by atoms with Gasteiger partial charge in [-0.1, -0.05) is 0 Å². The van der Waals surface area contributed by atoms with Crippen molar-refractivity contribution in [3.63, 3.8) is 0 Å². The summed E-state index contributed by atoms with van der Waals surface area (Å²) >= 11 is 2.23. The number of hydrogen-bond acceptors (Lipinski definition) is 1. The third-order valence-corrected chi connectivity index (χ3v) is 0.427. The van der Waals surface area contributed by atoms with E-state index in [1.54, 1.807) is 0 Å². The van der Waals surface area contributed by atoms with E-state index in [9.17, 15) is 4.79 Å². The van der Waals surface area contributed by atoms with Gasteiger partial charge in [-0.25, -0.2) is 0 Å². The molecule has 0 atom stereocenters. The first-order valence-corrected chi connectivity index (χ1v) is 1.74. The first-order valence-electron chi connectivity index (χ1n) is 1.11. The van der Waals surface area contributed by atoms with Crippen LogP contribution in [-0.4, -0.2) is 4.65 Å². The van der Waals surface area contributed by atoms with Crippen LogP contribution in [0.3, 0.4) is 0 Å². The summed E-state index contributed by atoms with van der Waals surface area (Å²) in [4.78, 5) is 9.64. The average molecular weight is 404 g/mol. The normalized spacial score (nSPS) is 3.20. The summed E-state index contributed by atoms with van der Waals surface area (Å²) in [5, 5.41) is 0. The fourth-order valence-corrected chi connectivity index (χ4v) is 0. The Balaban J connectivity index is -0.00000000800. The Bertz CT molecular complexity index is 73.5. The van der Waals surface area contributed by atoms with Crippen molar-refractivity contribution in [2.24, 2.45) is 0 Å². The molecule has 0 fully saturated rings. The zero-order chi connectivity index (χ0) is 4.28. The predicted molar refractivity (Wildman–Crippen MR) is 15.2 cm³/mol. The molecule has 0 bridgehead atoms. The Morgan fingerprint density at radius 3 is 1.40 bits per heavy atom. The van der Waals surface area contributed by atoms with Crippen LogP contribution < -0.4 is 0 Å². The molecule has 0 aliphatic heterocycles. The minimum Gasteiger partial charge on any atom is 0 e. The smallest absolute Gasteiger partial charge is 0 e.